The molecule has 1 aromatic rings. The maximum absolute atomic E-state index is 11.4. The molecule has 4 heteroatoms. The summed E-state index contributed by atoms with van der Waals surface area (Å²) in [5.74, 6) is 3.51. The maximum atomic E-state index is 11.4. The number of hydrogen-bond donors (Lipinski definition) is 0. The Balaban J connectivity index is 2.37. The average Bonchev–Trinajstić information content (AvgIpc) is 2.36. The van der Waals surface area contributed by atoms with Crippen molar-refractivity contribution in [2.75, 3.05) is 13.2 Å². The largest absolute Gasteiger partial charge is 0.456 e. The van der Waals surface area contributed by atoms with Crippen LogP contribution in [0.4, 0.5) is 0 Å². The van der Waals surface area contributed by atoms with Crippen LogP contribution in [-0.2, 0) is 14.3 Å². The summed E-state index contributed by atoms with van der Waals surface area (Å²) in [5, 5.41) is 0. The molecule has 1 rings (SSSR count). The number of ether oxygens (including phenoxy) is 2. The highest BCUT2D eigenvalue weighted by atomic mass is 16.5. The molecule has 0 bridgehead atoms. The first-order chi connectivity index (χ1) is 8.24. The van der Waals surface area contributed by atoms with Crippen LogP contribution in [-0.4, -0.2) is 25.2 Å². The molecule has 0 radical (unpaired) electrons. The third-order valence-corrected chi connectivity index (χ3v) is 1.75. The van der Waals surface area contributed by atoms with E-state index in [0.29, 0.717) is 5.56 Å². The molecule has 0 aromatic heterocycles. The number of benzene rings is 1. The Labute approximate surface area is 99.5 Å². The van der Waals surface area contributed by atoms with Crippen molar-refractivity contribution in [2.24, 2.45) is 0 Å². The minimum absolute atomic E-state index is 0.132. The third-order valence-electron chi connectivity index (χ3n) is 1.75. The van der Waals surface area contributed by atoms with E-state index >= 15 is 0 Å². The third kappa shape index (κ3) is 4.85. The highest BCUT2D eigenvalue weighted by Crippen LogP contribution is 2.00. The molecule has 0 fully saturated rings. The smallest absolute Gasteiger partial charge is 0.384 e. The molecule has 0 spiro atoms. The van der Waals surface area contributed by atoms with Gasteiger partial charge in [0.1, 0.15) is 0 Å². The second kappa shape index (κ2) is 7.07. The lowest BCUT2D eigenvalue weighted by molar-refractivity contribution is -0.136. The Morgan fingerprint density at radius 3 is 2.53 bits per heavy atom. The zero-order chi connectivity index (χ0) is 12.5. The van der Waals surface area contributed by atoms with Crippen molar-refractivity contribution in [1.29, 1.82) is 0 Å². The lowest BCUT2D eigenvalue weighted by atomic mass is 10.2. The van der Waals surface area contributed by atoms with Crippen molar-refractivity contribution >= 4 is 11.9 Å². The van der Waals surface area contributed by atoms with Crippen LogP contribution in [0.5, 0.6) is 0 Å². The Hall–Kier alpha value is -2.28. The zero-order valence-corrected chi connectivity index (χ0v) is 9.43. The maximum Gasteiger partial charge on any atom is 0.384 e. The van der Waals surface area contributed by atoms with Gasteiger partial charge in [-0.1, -0.05) is 18.2 Å². The molecule has 88 valence electrons. The van der Waals surface area contributed by atoms with E-state index in [1.165, 1.54) is 0 Å². The molecule has 0 saturated heterocycles. The summed E-state index contributed by atoms with van der Waals surface area (Å²) in [6.07, 6.45) is 0. The molecule has 0 aliphatic rings. The van der Waals surface area contributed by atoms with Gasteiger partial charge in [0.25, 0.3) is 0 Å². The van der Waals surface area contributed by atoms with Crippen LogP contribution >= 0.6 is 0 Å². The van der Waals surface area contributed by atoms with Gasteiger partial charge in [-0.2, -0.15) is 0 Å². The molecule has 0 aliphatic heterocycles. The van der Waals surface area contributed by atoms with Gasteiger partial charge >= 0.3 is 11.9 Å². The van der Waals surface area contributed by atoms with Gasteiger partial charge < -0.3 is 9.47 Å². The number of rotatable bonds is 3. The van der Waals surface area contributed by atoms with Crippen molar-refractivity contribution in [3.63, 3.8) is 0 Å². The van der Waals surface area contributed by atoms with Crippen LogP contribution in [0.2, 0.25) is 0 Å². The second-order valence-electron chi connectivity index (χ2n) is 2.96. The van der Waals surface area contributed by atoms with E-state index in [4.69, 9.17) is 4.74 Å². The number of carbonyl (C=O) groups excluding carboxylic acids is 2. The summed E-state index contributed by atoms with van der Waals surface area (Å²) in [6, 6.07) is 8.56. The Kier molecular flexibility index (Phi) is 5.32. The fraction of sp³-hybridized carbons (Fsp3) is 0.231. The van der Waals surface area contributed by atoms with Crippen LogP contribution in [0.1, 0.15) is 17.3 Å². The first-order valence-corrected chi connectivity index (χ1v) is 5.12. The lowest BCUT2D eigenvalue weighted by Gasteiger charge is -1.99. The second-order valence-corrected chi connectivity index (χ2v) is 2.96. The molecular weight excluding hydrogens is 220 g/mol. The average molecular weight is 232 g/mol. The number of carbonyl (C=O) groups is 2. The first-order valence-electron chi connectivity index (χ1n) is 5.12. The summed E-state index contributed by atoms with van der Waals surface area (Å²) in [6.45, 7) is 1.83. The van der Waals surface area contributed by atoms with Gasteiger partial charge in [-0.25, -0.2) is 9.59 Å². The van der Waals surface area contributed by atoms with E-state index in [1.807, 2.05) is 0 Å². The lowest BCUT2D eigenvalue weighted by Crippen LogP contribution is -2.05. The monoisotopic (exact) mass is 232 g/mol. The molecule has 0 N–H and O–H groups in total. The van der Waals surface area contributed by atoms with Crippen LogP contribution in [0.3, 0.4) is 0 Å². The fourth-order valence-corrected chi connectivity index (χ4v) is 1.03. The highest BCUT2D eigenvalue weighted by molar-refractivity contribution is 5.90. The SMILES string of the molecule is CCOC(=O)C#CCOC(=O)c1ccccc1. The van der Waals surface area contributed by atoms with Crippen LogP contribution < -0.4 is 0 Å². The predicted molar refractivity (Wildman–Crippen MR) is 61.1 cm³/mol. The van der Waals surface area contributed by atoms with E-state index in [1.54, 1.807) is 37.3 Å². The van der Waals surface area contributed by atoms with Gasteiger partial charge in [0.05, 0.1) is 12.2 Å². The topological polar surface area (TPSA) is 52.6 Å². The molecule has 0 saturated carbocycles. The first kappa shape index (κ1) is 12.8. The summed E-state index contributed by atoms with van der Waals surface area (Å²) < 4.78 is 9.42. The summed E-state index contributed by atoms with van der Waals surface area (Å²) in [5.41, 5.74) is 0.449. The van der Waals surface area contributed by atoms with Gasteiger partial charge in [0, 0.05) is 5.92 Å². The minimum atomic E-state index is -0.622. The van der Waals surface area contributed by atoms with Crippen molar-refractivity contribution in [2.45, 2.75) is 6.92 Å². The van der Waals surface area contributed by atoms with Gasteiger partial charge in [-0.3, -0.25) is 0 Å². The normalized spacial score (nSPS) is 8.76. The van der Waals surface area contributed by atoms with Crippen LogP contribution in [0.25, 0.3) is 0 Å². The summed E-state index contributed by atoms with van der Waals surface area (Å²) in [7, 11) is 0. The van der Waals surface area contributed by atoms with E-state index in [0.717, 1.165) is 0 Å². The highest BCUT2D eigenvalue weighted by Gasteiger charge is 2.03. The molecule has 1 aromatic carbocycles. The van der Waals surface area contributed by atoms with Crippen LogP contribution in [0.15, 0.2) is 30.3 Å². The Morgan fingerprint density at radius 2 is 1.88 bits per heavy atom. The molecule has 0 aliphatic carbocycles. The fourth-order valence-electron chi connectivity index (χ4n) is 1.03. The predicted octanol–water partition coefficient (Wildman–Crippen LogP) is 1.41. The van der Waals surface area contributed by atoms with E-state index in [-0.39, 0.29) is 13.2 Å². The zero-order valence-electron chi connectivity index (χ0n) is 9.43. The molecule has 0 amide bonds. The van der Waals surface area contributed by atoms with E-state index in [9.17, 15) is 9.59 Å². The number of hydrogen-bond acceptors (Lipinski definition) is 4. The van der Waals surface area contributed by atoms with Crippen LogP contribution in [0, 0.1) is 11.8 Å². The minimum Gasteiger partial charge on any atom is -0.456 e. The Morgan fingerprint density at radius 1 is 1.18 bits per heavy atom. The molecule has 0 atom stereocenters. The summed E-state index contributed by atoms with van der Waals surface area (Å²) >= 11 is 0. The van der Waals surface area contributed by atoms with Crippen molar-refractivity contribution in [3.05, 3.63) is 35.9 Å². The van der Waals surface area contributed by atoms with Gasteiger partial charge in [0.15, 0.2) is 6.61 Å². The van der Waals surface area contributed by atoms with Gasteiger partial charge in [-0.15, -0.1) is 0 Å². The molecule has 0 unspecified atom stereocenters. The van der Waals surface area contributed by atoms with E-state index in [2.05, 4.69) is 16.6 Å². The number of esters is 2. The molecule has 0 heterocycles. The Bertz CT molecular complexity index is 439. The van der Waals surface area contributed by atoms with E-state index < -0.39 is 11.9 Å². The summed E-state index contributed by atoms with van der Waals surface area (Å²) in [4.78, 5) is 22.2. The van der Waals surface area contributed by atoms with Crippen molar-refractivity contribution in [3.8, 4) is 11.8 Å². The molecule has 4 nitrogen and oxygen atoms in total. The molecular formula is C13H12O4. The van der Waals surface area contributed by atoms with Crippen molar-refractivity contribution in [1.82, 2.24) is 0 Å². The van der Waals surface area contributed by atoms with Crippen molar-refractivity contribution < 1.29 is 19.1 Å². The standard InChI is InChI=1S/C13H12O4/c1-2-16-12(14)9-6-10-17-13(15)11-7-4-3-5-8-11/h3-5,7-8H,2,10H2,1H3. The van der Waals surface area contributed by atoms with Gasteiger partial charge in [0.2, 0.25) is 0 Å². The quantitative estimate of drug-likeness (QED) is 0.449. The molecule has 17 heavy (non-hydrogen) atoms. The van der Waals surface area contributed by atoms with Gasteiger partial charge in [-0.05, 0) is 25.0 Å².